The predicted molar refractivity (Wildman–Crippen MR) is 96.7 cm³/mol. The number of benzene rings is 1. The zero-order valence-corrected chi connectivity index (χ0v) is 14.7. The van der Waals surface area contributed by atoms with Gasteiger partial charge in [-0.1, -0.05) is 18.2 Å². The molecule has 0 saturated carbocycles. The summed E-state index contributed by atoms with van der Waals surface area (Å²) >= 11 is 0. The molecular formula is C20H21N3O2. The molecule has 128 valence electrons. The molecule has 5 heteroatoms. The number of rotatable bonds is 3. The van der Waals surface area contributed by atoms with Crippen LogP contribution in [0.3, 0.4) is 0 Å². The Bertz CT molecular complexity index is 937. The molecule has 0 fully saturated rings. The van der Waals surface area contributed by atoms with Crippen molar-refractivity contribution in [3.8, 4) is 6.07 Å². The van der Waals surface area contributed by atoms with Crippen LogP contribution < -0.4 is 10.5 Å². The summed E-state index contributed by atoms with van der Waals surface area (Å²) in [6.07, 6.45) is 1.72. The number of aryl methyl sites for hydroxylation is 1. The van der Waals surface area contributed by atoms with E-state index in [-0.39, 0.29) is 23.1 Å². The molecule has 0 radical (unpaired) electrons. The number of aromatic amines is 1. The average Bonchev–Trinajstić information content (AvgIpc) is 2.90. The summed E-state index contributed by atoms with van der Waals surface area (Å²) in [6.45, 7) is 5.64. The molecule has 0 aliphatic carbocycles. The van der Waals surface area contributed by atoms with E-state index in [0.29, 0.717) is 18.4 Å². The Morgan fingerprint density at radius 3 is 2.80 bits per heavy atom. The second-order valence-corrected chi connectivity index (χ2v) is 6.62. The fraction of sp³-hybridized carbons (Fsp3) is 0.350. The summed E-state index contributed by atoms with van der Waals surface area (Å²) in [7, 11) is 0. The van der Waals surface area contributed by atoms with E-state index < -0.39 is 0 Å². The maximum atomic E-state index is 12.8. The van der Waals surface area contributed by atoms with Gasteiger partial charge < -0.3 is 9.88 Å². The topological polar surface area (TPSA) is 77.0 Å². The molecule has 1 amide bonds. The van der Waals surface area contributed by atoms with E-state index in [4.69, 9.17) is 5.26 Å². The summed E-state index contributed by atoms with van der Waals surface area (Å²) in [5.74, 6) is 0.0703. The van der Waals surface area contributed by atoms with Crippen LogP contribution in [0, 0.1) is 25.2 Å². The fourth-order valence-corrected chi connectivity index (χ4v) is 3.72. The number of carbonyl (C=O) groups is 1. The van der Waals surface area contributed by atoms with Gasteiger partial charge in [0.1, 0.15) is 11.6 Å². The van der Waals surface area contributed by atoms with Gasteiger partial charge in [0.15, 0.2) is 0 Å². The second kappa shape index (κ2) is 6.56. The highest BCUT2D eigenvalue weighted by molar-refractivity contribution is 5.96. The molecule has 1 atom stereocenters. The number of carbonyl (C=O) groups excluding carboxylic acids is 1. The average molecular weight is 335 g/mol. The van der Waals surface area contributed by atoms with E-state index in [0.717, 1.165) is 23.4 Å². The fourth-order valence-electron chi connectivity index (χ4n) is 3.72. The number of aromatic nitrogens is 1. The molecule has 1 aromatic heterocycles. The first-order chi connectivity index (χ1) is 11.9. The monoisotopic (exact) mass is 335 g/mol. The Kier molecular flexibility index (Phi) is 4.45. The minimum Gasteiger partial charge on any atom is -0.325 e. The molecule has 2 heterocycles. The molecule has 1 aromatic carbocycles. The number of hydrogen-bond donors (Lipinski definition) is 1. The number of anilines is 1. The van der Waals surface area contributed by atoms with Crippen LogP contribution >= 0.6 is 0 Å². The number of fused-ring (bicyclic) bond motifs is 1. The summed E-state index contributed by atoms with van der Waals surface area (Å²) in [6, 6.07) is 10.1. The van der Waals surface area contributed by atoms with Crippen molar-refractivity contribution in [3.63, 3.8) is 0 Å². The van der Waals surface area contributed by atoms with Crippen molar-refractivity contribution in [2.45, 2.75) is 46.1 Å². The summed E-state index contributed by atoms with van der Waals surface area (Å²) in [5.41, 5.74) is 4.24. The SMILES string of the molecule is Cc1[nH]c(=O)c(C#N)c(C)c1CCC(=O)N1c2ccccc2C[C@@H]1C. The Balaban J connectivity index is 1.83. The van der Waals surface area contributed by atoms with E-state index >= 15 is 0 Å². The molecule has 0 spiro atoms. The highest BCUT2D eigenvalue weighted by atomic mass is 16.2. The Morgan fingerprint density at radius 2 is 2.08 bits per heavy atom. The number of nitrogens with zero attached hydrogens (tertiary/aromatic N) is 2. The number of hydrogen-bond acceptors (Lipinski definition) is 3. The summed E-state index contributed by atoms with van der Waals surface area (Å²) in [5, 5.41) is 9.16. The van der Waals surface area contributed by atoms with Gasteiger partial charge in [-0.05, 0) is 56.4 Å². The highest BCUT2D eigenvalue weighted by Gasteiger charge is 2.30. The first-order valence-corrected chi connectivity index (χ1v) is 8.46. The predicted octanol–water partition coefficient (Wildman–Crippen LogP) is 2.77. The Morgan fingerprint density at radius 1 is 1.36 bits per heavy atom. The number of para-hydroxylation sites is 1. The lowest BCUT2D eigenvalue weighted by atomic mass is 9.99. The van der Waals surface area contributed by atoms with Crippen LogP contribution in [0.25, 0.3) is 0 Å². The molecule has 5 nitrogen and oxygen atoms in total. The Hall–Kier alpha value is -2.87. The lowest BCUT2D eigenvalue weighted by Gasteiger charge is -2.23. The normalized spacial score (nSPS) is 15.8. The van der Waals surface area contributed by atoms with E-state index in [9.17, 15) is 9.59 Å². The molecule has 1 N–H and O–H groups in total. The van der Waals surface area contributed by atoms with Gasteiger partial charge in [0.2, 0.25) is 5.91 Å². The summed E-state index contributed by atoms with van der Waals surface area (Å²) < 4.78 is 0. The second-order valence-electron chi connectivity index (χ2n) is 6.62. The largest absolute Gasteiger partial charge is 0.325 e. The van der Waals surface area contributed by atoms with Crippen LogP contribution in [0.4, 0.5) is 5.69 Å². The molecule has 1 aliphatic heterocycles. The molecule has 0 unspecified atom stereocenters. The standard InChI is InChI=1S/C20H21N3O2/c1-12-10-15-6-4-5-7-18(15)23(12)19(24)9-8-16-13(2)17(11-21)20(25)22-14(16)3/h4-7,12H,8-10H2,1-3H3,(H,22,25)/t12-/m0/s1. The van der Waals surface area contributed by atoms with Crippen molar-refractivity contribution in [2.75, 3.05) is 4.90 Å². The summed E-state index contributed by atoms with van der Waals surface area (Å²) in [4.78, 5) is 29.2. The number of H-pyrrole nitrogens is 1. The first kappa shape index (κ1) is 17.0. The van der Waals surface area contributed by atoms with Crippen molar-refractivity contribution in [1.29, 1.82) is 5.26 Å². The third-order valence-electron chi connectivity index (χ3n) is 4.99. The van der Waals surface area contributed by atoms with Crippen molar-refractivity contribution >= 4 is 11.6 Å². The zero-order chi connectivity index (χ0) is 18.1. The zero-order valence-electron chi connectivity index (χ0n) is 14.7. The quantitative estimate of drug-likeness (QED) is 0.937. The van der Waals surface area contributed by atoms with Crippen molar-refractivity contribution in [1.82, 2.24) is 4.98 Å². The van der Waals surface area contributed by atoms with Gasteiger partial charge in [0, 0.05) is 23.8 Å². The molecule has 0 saturated heterocycles. The van der Waals surface area contributed by atoms with Crippen LogP contribution in [0.1, 0.15) is 41.3 Å². The number of nitriles is 1. The first-order valence-electron chi connectivity index (χ1n) is 8.46. The van der Waals surface area contributed by atoms with Gasteiger partial charge in [-0.3, -0.25) is 9.59 Å². The number of amides is 1. The van der Waals surface area contributed by atoms with Crippen LogP contribution in [0.2, 0.25) is 0 Å². The van der Waals surface area contributed by atoms with Gasteiger partial charge >= 0.3 is 0 Å². The third kappa shape index (κ3) is 2.96. The van der Waals surface area contributed by atoms with Crippen LogP contribution in [-0.4, -0.2) is 16.9 Å². The minimum atomic E-state index is -0.366. The van der Waals surface area contributed by atoms with Gasteiger partial charge in [0.05, 0.1) is 0 Å². The molecular weight excluding hydrogens is 314 g/mol. The van der Waals surface area contributed by atoms with E-state index in [1.165, 1.54) is 5.56 Å². The van der Waals surface area contributed by atoms with Crippen LogP contribution in [0.5, 0.6) is 0 Å². The lowest BCUT2D eigenvalue weighted by molar-refractivity contribution is -0.118. The van der Waals surface area contributed by atoms with E-state index in [1.54, 1.807) is 6.92 Å². The molecule has 25 heavy (non-hydrogen) atoms. The molecule has 0 bridgehead atoms. The maximum absolute atomic E-state index is 12.8. The molecule has 1 aliphatic rings. The molecule has 2 aromatic rings. The van der Waals surface area contributed by atoms with Crippen molar-refractivity contribution in [3.05, 3.63) is 62.6 Å². The van der Waals surface area contributed by atoms with Crippen LogP contribution in [0.15, 0.2) is 29.1 Å². The van der Waals surface area contributed by atoms with Gasteiger partial charge in [-0.2, -0.15) is 5.26 Å². The highest BCUT2D eigenvalue weighted by Crippen LogP contribution is 2.32. The van der Waals surface area contributed by atoms with E-state index in [2.05, 4.69) is 18.0 Å². The van der Waals surface area contributed by atoms with Gasteiger partial charge in [0.25, 0.3) is 5.56 Å². The van der Waals surface area contributed by atoms with Crippen molar-refractivity contribution in [2.24, 2.45) is 0 Å². The van der Waals surface area contributed by atoms with Crippen molar-refractivity contribution < 1.29 is 4.79 Å². The molecule has 3 rings (SSSR count). The van der Waals surface area contributed by atoms with E-state index in [1.807, 2.05) is 36.1 Å². The minimum absolute atomic E-state index is 0.0703. The number of nitrogens with one attached hydrogen (secondary N) is 1. The lowest BCUT2D eigenvalue weighted by Crippen LogP contribution is -2.36. The Labute approximate surface area is 146 Å². The van der Waals surface area contributed by atoms with Gasteiger partial charge in [-0.25, -0.2) is 0 Å². The van der Waals surface area contributed by atoms with Gasteiger partial charge in [-0.15, -0.1) is 0 Å². The van der Waals surface area contributed by atoms with Crippen LogP contribution in [-0.2, 0) is 17.6 Å². The maximum Gasteiger partial charge on any atom is 0.266 e. The third-order valence-corrected chi connectivity index (χ3v) is 4.99. The smallest absolute Gasteiger partial charge is 0.266 e. The number of pyridine rings is 1.